The van der Waals surface area contributed by atoms with E-state index < -0.39 is 0 Å². The molecular weight excluding hydrogens is 396 g/mol. The molecule has 1 saturated carbocycles. The highest BCUT2D eigenvalue weighted by Crippen LogP contribution is 2.42. The van der Waals surface area contributed by atoms with Gasteiger partial charge in [0.25, 0.3) is 5.91 Å². The first-order valence-electron chi connectivity index (χ1n) is 10.5. The molecule has 7 heteroatoms. The van der Waals surface area contributed by atoms with Gasteiger partial charge in [0.2, 0.25) is 0 Å². The number of methoxy groups -OCH3 is 1. The fourth-order valence-electron chi connectivity index (χ4n) is 4.06. The van der Waals surface area contributed by atoms with Crippen molar-refractivity contribution in [3.05, 3.63) is 46.1 Å². The summed E-state index contributed by atoms with van der Waals surface area (Å²) in [6, 6.07) is 7.38. The number of rotatable bonds is 4. The van der Waals surface area contributed by atoms with Gasteiger partial charge >= 0.3 is 0 Å². The molecule has 0 N–H and O–H groups in total. The summed E-state index contributed by atoms with van der Waals surface area (Å²) in [7, 11) is 1.62. The molecule has 30 heavy (non-hydrogen) atoms. The number of piperazine rings is 1. The molecule has 2 aromatic heterocycles. The van der Waals surface area contributed by atoms with Crippen molar-refractivity contribution in [2.45, 2.75) is 32.6 Å². The third-order valence-electron chi connectivity index (χ3n) is 6.15. The van der Waals surface area contributed by atoms with Crippen molar-refractivity contribution < 1.29 is 9.53 Å². The van der Waals surface area contributed by atoms with Crippen LogP contribution in [0.15, 0.2) is 24.3 Å². The number of aryl methyl sites for hydroxylation is 2. The molecule has 1 amide bonds. The van der Waals surface area contributed by atoms with Crippen LogP contribution in [-0.4, -0.2) is 54.1 Å². The number of fused-ring (bicyclic) bond motifs is 1. The zero-order valence-electron chi connectivity index (χ0n) is 17.6. The average molecular weight is 423 g/mol. The van der Waals surface area contributed by atoms with Crippen LogP contribution in [-0.2, 0) is 0 Å². The molecule has 1 aliphatic heterocycles. The smallest absolute Gasteiger partial charge is 0.254 e. The summed E-state index contributed by atoms with van der Waals surface area (Å²) in [6.45, 7) is 7.25. The maximum absolute atomic E-state index is 13.0. The van der Waals surface area contributed by atoms with Gasteiger partial charge in [0, 0.05) is 42.5 Å². The van der Waals surface area contributed by atoms with Crippen LogP contribution in [0.3, 0.4) is 0 Å². The first-order chi connectivity index (χ1) is 14.5. The number of hydrogen-bond acceptors (Lipinski definition) is 6. The van der Waals surface area contributed by atoms with Gasteiger partial charge in [0.05, 0.1) is 12.5 Å². The molecule has 3 heterocycles. The summed E-state index contributed by atoms with van der Waals surface area (Å²) in [6.07, 6.45) is 2.38. The Bertz CT molecular complexity index is 1110. The summed E-state index contributed by atoms with van der Waals surface area (Å²) in [5.74, 6) is 3.33. The lowest BCUT2D eigenvalue weighted by molar-refractivity contribution is 0.0746. The first-order valence-corrected chi connectivity index (χ1v) is 11.3. The molecule has 0 spiro atoms. The number of thiophene rings is 1. The minimum atomic E-state index is 0.0580. The predicted octanol–water partition coefficient (Wildman–Crippen LogP) is 4.16. The van der Waals surface area contributed by atoms with Crippen LogP contribution in [0, 0.1) is 13.8 Å². The van der Waals surface area contributed by atoms with Crippen molar-refractivity contribution in [1.82, 2.24) is 14.9 Å². The van der Waals surface area contributed by atoms with Crippen molar-refractivity contribution in [2.24, 2.45) is 0 Å². The minimum absolute atomic E-state index is 0.0580. The van der Waals surface area contributed by atoms with Gasteiger partial charge in [-0.3, -0.25) is 4.79 Å². The number of hydrogen-bond donors (Lipinski definition) is 0. The normalized spacial score (nSPS) is 16.9. The Morgan fingerprint density at radius 1 is 1.13 bits per heavy atom. The number of anilines is 1. The van der Waals surface area contributed by atoms with Gasteiger partial charge in [-0.1, -0.05) is 6.07 Å². The Labute approximate surface area is 180 Å². The highest BCUT2D eigenvalue weighted by Gasteiger charge is 2.31. The molecular formula is C23H26N4O2S. The number of carbonyl (C=O) groups is 1. The van der Waals surface area contributed by atoms with Crippen molar-refractivity contribution in [3.8, 4) is 5.75 Å². The molecule has 0 bridgehead atoms. The van der Waals surface area contributed by atoms with E-state index in [4.69, 9.17) is 14.7 Å². The van der Waals surface area contributed by atoms with E-state index in [1.165, 1.54) is 28.7 Å². The molecule has 2 fully saturated rings. The molecule has 0 atom stereocenters. The lowest BCUT2D eigenvalue weighted by atomic mass is 10.1. The maximum Gasteiger partial charge on any atom is 0.254 e. The van der Waals surface area contributed by atoms with E-state index in [-0.39, 0.29) is 5.91 Å². The van der Waals surface area contributed by atoms with Crippen LogP contribution in [0.25, 0.3) is 10.2 Å². The van der Waals surface area contributed by atoms with Crippen LogP contribution in [0.1, 0.15) is 45.4 Å². The van der Waals surface area contributed by atoms with E-state index in [1.54, 1.807) is 18.4 Å². The Kier molecular flexibility index (Phi) is 4.85. The van der Waals surface area contributed by atoms with Crippen molar-refractivity contribution >= 4 is 33.3 Å². The number of carbonyl (C=O) groups excluding carboxylic acids is 1. The van der Waals surface area contributed by atoms with E-state index in [0.717, 1.165) is 29.6 Å². The van der Waals surface area contributed by atoms with E-state index >= 15 is 0 Å². The number of ether oxygens (including phenoxy) is 1. The van der Waals surface area contributed by atoms with Crippen LogP contribution in [0.4, 0.5) is 5.82 Å². The highest BCUT2D eigenvalue weighted by molar-refractivity contribution is 7.18. The fourth-order valence-corrected chi connectivity index (χ4v) is 5.09. The van der Waals surface area contributed by atoms with Crippen molar-refractivity contribution in [1.29, 1.82) is 0 Å². The molecule has 2 aliphatic rings. The predicted molar refractivity (Wildman–Crippen MR) is 120 cm³/mol. The monoisotopic (exact) mass is 422 g/mol. The summed E-state index contributed by atoms with van der Waals surface area (Å²) in [5, 5.41) is 1.19. The van der Waals surface area contributed by atoms with Crippen LogP contribution < -0.4 is 9.64 Å². The Hall–Kier alpha value is -2.67. The lowest BCUT2D eigenvalue weighted by Crippen LogP contribution is -2.49. The van der Waals surface area contributed by atoms with Crippen LogP contribution in [0.2, 0.25) is 0 Å². The Morgan fingerprint density at radius 2 is 1.90 bits per heavy atom. The molecule has 156 valence electrons. The Morgan fingerprint density at radius 3 is 2.60 bits per heavy atom. The number of benzene rings is 1. The molecule has 1 saturated heterocycles. The van der Waals surface area contributed by atoms with Gasteiger partial charge in [0.15, 0.2) is 0 Å². The zero-order chi connectivity index (χ0) is 20.8. The molecule has 6 nitrogen and oxygen atoms in total. The van der Waals surface area contributed by atoms with Gasteiger partial charge in [-0.05, 0) is 50.5 Å². The van der Waals surface area contributed by atoms with Gasteiger partial charge in [-0.2, -0.15) is 0 Å². The topological polar surface area (TPSA) is 58.6 Å². The van der Waals surface area contributed by atoms with Crippen molar-refractivity contribution in [2.75, 3.05) is 38.2 Å². The highest BCUT2D eigenvalue weighted by atomic mass is 32.1. The van der Waals surface area contributed by atoms with Crippen molar-refractivity contribution in [3.63, 3.8) is 0 Å². The van der Waals surface area contributed by atoms with Gasteiger partial charge in [-0.15, -0.1) is 11.3 Å². The molecule has 3 aromatic rings. The van der Waals surface area contributed by atoms with E-state index in [2.05, 4.69) is 18.7 Å². The van der Waals surface area contributed by atoms with Gasteiger partial charge in [0.1, 0.15) is 22.2 Å². The van der Waals surface area contributed by atoms with E-state index in [1.807, 2.05) is 29.2 Å². The Balaban J connectivity index is 1.39. The fraction of sp³-hybridized carbons (Fsp3) is 0.435. The quantitative estimate of drug-likeness (QED) is 0.632. The molecule has 0 radical (unpaired) electrons. The minimum Gasteiger partial charge on any atom is -0.497 e. The summed E-state index contributed by atoms with van der Waals surface area (Å²) in [4.78, 5) is 29.5. The summed E-state index contributed by atoms with van der Waals surface area (Å²) < 4.78 is 5.26. The van der Waals surface area contributed by atoms with Crippen LogP contribution >= 0.6 is 11.3 Å². The third kappa shape index (κ3) is 3.41. The number of nitrogens with zero attached hydrogens (tertiary/aromatic N) is 4. The number of aromatic nitrogens is 2. The molecule has 1 aliphatic carbocycles. The standard InChI is InChI=1S/C23H26N4O2S/c1-14-15(2)30-22-19(14)21(24-20(25-22)16-7-8-16)26-9-11-27(12-10-26)23(28)17-5-4-6-18(13-17)29-3/h4-6,13,16H,7-12H2,1-3H3. The van der Waals surface area contributed by atoms with Crippen LogP contribution in [0.5, 0.6) is 5.75 Å². The third-order valence-corrected chi connectivity index (χ3v) is 7.25. The van der Waals surface area contributed by atoms with E-state index in [0.29, 0.717) is 30.3 Å². The number of amides is 1. The maximum atomic E-state index is 13.0. The largest absolute Gasteiger partial charge is 0.497 e. The second kappa shape index (κ2) is 7.54. The van der Waals surface area contributed by atoms with Gasteiger partial charge in [-0.25, -0.2) is 9.97 Å². The molecule has 5 rings (SSSR count). The average Bonchev–Trinajstić information content (AvgIpc) is 3.59. The van der Waals surface area contributed by atoms with Gasteiger partial charge < -0.3 is 14.5 Å². The zero-order valence-corrected chi connectivity index (χ0v) is 18.5. The molecule has 0 unspecified atom stereocenters. The SMILES string of the molecule is COc1cccc(C(=O)N2CCN(c3nc(C4CC4)nc4sc(C)c(C)c34)CC2)c1. The first kappa shape index (κ1) is 19.3. The van der Waals surface area contributed by atoms with E-state index in [9.17, 15) is 4.79 Å². The summed E-state index contributed by atoms with van der Waals surface area (Å²) >= 11 is 1.77. The second-order valence-corrected chi connectivity index (χ2v) is 9.36. The second-order valence-electron chi connectivity index (χ2n) is 8.15. The summed E-state index contributed by atoms with van der Waals surface area (Å²) in [5.41, 5.74) is 1.95. The molecule has 1 aromatic carbocycles. The lowest BCUT2D eigenvalue weighted by Gasteiger charge is -2.36.